The lowest BCUT2D eigenvalue weighted by Gasteiger charge is -2.36. The summed E-state index contributed by atoms with van der Waals surface area (Å²) in [6, 6.07) is 6.15. The number of pyridine rings is 1. The lowest BCUT2D eigenvalue weighted by atomic mass is 9.71. The minimum Gasteiger partial charge on any atom is -0.299 e. The lowest BCUT2D eigenvalue weighted by molar-refractivity contribution is -0.127. The number of carbonyl (C=O) groups excluding carboxylic acids is 1. The number of aryl methyl sites for hydroxylation is 1. The molecule has 21 heavy (non-hydrogen) atoms. The highest BCUT2D eigenvalue weighted by atomic mass is 16.1. The van der Waals surface area contributed by atoms with Gasteiger partial charge in [0, 0.05) is 31.1 Å². The maximum Gasteiger partial charge on any atom is 0.137 e. The topological polar surface area (TPSA) is 33.2 Å². The molecule has 1 aliphatic rings. The SMILES string of the molecule is CCN(Cc1cccc(C)n1)CC1CC(C)(C)CCC1=O. The van der Waals surface area contributed by atoms with Gasteiger partial charge in [-0.25, -0.2) is 0 Å². The Hall–Kier alpha value is -1.22. The van der Waals surface area contributed by atoms with E-state index >= 15 is 0 Å². The molecule has 1 atom stereocenters. The highest BCUT2D eigenvalue weighted by molar-refractivity contribution is 5.82. The molecule has 0 radical (unpaired) electrons. The van der Waals surface area contributed by atoms with E-state index in [0.717, 1.165) is 50.3 Å². The minimum atomic E-state index is 0.193. The van der Waals surface area contributed by atoms with E-state index < -0.39 is 0 Å². The lowest BCUT2D eigenvalue weighted by Crippen LogP contribution is -2.38. The number of Topliss-reactive ketones (excluding diaryl/α,β-unsaturated/α-hetero) is 1. The molecule has 1 aliphatic carbocycles. The molecule has 1 aromatic heterocycles. The largest absolute Gasteiger partial charge is 0.299 e. The molecule has 0 spiro atoms. The summed E-state index contributed by atoms with van der Waals surface area (Å²) >= 11 is 0. The van der Waals surface area contributed by atoms with Crippen LogP contribution in [0.4, 0.5) is 0 Å². The van der Waals surface area contributed by atoms with E-state index in [4.69, 9.17) is 0 Å². The Morgan fingerprint density at radius 3 is 2.81 bits per heavy atom. The molecule has 1 saturated carbocycles. The first-order valence-corrected chi connectivity index (χ1v) is 8.07. The predicted octanol–water partition coefficient (Wildman–Crippen LogP) is 3.61. The first kappa shape index (κ1) is 16.2. The molecule has 0 bridgehead atoms. The number of carbonyl (C=O) groups is 1. The molecule has 0 N–H and O–H groups in total. The van der Waals surface area contributed by atoms with Gasteiger partial charge in [-0.2, -0.15) is 0 Å². The molecule has 0 aliphatic heterocycles. The number of hydrogen-bond donors (Lipinski definition) is 0. The maximum atomic E-state index is 12.2. The molecule has 1 unspecified atom stereocenters. The highest BCUT2D eigenvalue weighted by Crippen LogP contribution is 2.37. The normalized spacial score (nSPS) is 21.8. The number of aromatic nitrogens is 1. The zero-order valence-corrected chi connectivity index (χ0v) is 13.9. The van der Waals surface area contributed by atoms with Crippen LogP contribution < -0.4 is 0 Å². The summed E-state index contributed by atoms with van der Waals surface area (Å²) < 4.78 is 0. The molecule has 0 saturated heterocycles. The van der Waals surface area contributed by atoms with Crippen molar-refractivity contribution in [2.45, 2.75) is 53.5 Å². The molecule has 0 amide bonds. The van der Waals surface area contributed by atoms with Gasteiger partial charge in [0.05, 0.1) is 5.69 Å². The fourth-order valence-electron chi connectivity index (χ4n) is 3.25. The van der Waals surface area contributed by atoms with Crippen LogP contribution in [0.25, 0.3) is 0 Å². The van der Waals surface area contributed by atoms with Crippen molar-refractivity contribution >= 4 is 5.78 Å². The van der Waals surface area contributed by atoms with Crippen molar-refractivity contribution < 1.29 is 4.79 Å². The Balaban J connectivity index is 1.99. The van der Waals surface area contributed by atoms with Crippen LogP contribution in [0.2, 0.25) is 0 Å². The first-order chi connectivity index (χ1) is 9.89. The van der Waals surface area contributed by atoms with Gasteiger partial charge in [-0.1, -0.05) is 26.8 Å². The predicted molar refractivity (Wildman–Crippen MR) is 86.1 cm³/mol. The second kappa shape index (κ2) is 6.69. The van der Waals surface area contributed by atoms with Gasteiger partial charge in [0.15, 0.2) is 0 Å². The quantitative estimate of drug-likeness (QED) is 0.830. The molecular formula is C18H28N2O. The van der Waals surface area contributed by atoms with Gasteiger partial charge in [0.2, 0.25) is 0 Å². The number of nitrogens with zero attached hydrogens (tertiary/aromatic N) is 2. The Bertz CT molecular complexity index is 496. The van der Waals surface area contributed by atoms with E-state index in [1.165, 1.54) is 0 Å². The second-order valence-electron chi connectivity index (χ2n) is 7.13. The number of rotatable bonds is 5. The zero-order valence-electron chi connectivity index (χ0n) is 13.9. The van der Waals surface area contributed by atoms with Gasteiger partial charge in [0.1, 0.15) is 5.78 Å². The van der Waals surface area contributed by atoms with Gasteiger partial charge in [0.25, 0.3) is 0 Å². The summed E-state index contributed by atoms with van der Waals surface area (Å²) in [7, 11) is 0. The highest BCUT2D eigenvalue weighted by Gasteiger charge is 2.34. The fraction of sp³-hybridized carbons (Fsp3) is 0.667. The van der Waals surface area contributed by atoms with Gasteiger partial charge in [-0.15, -0.1) is 0 Å². The standard InChI is InChI=1S/C18H28N2O/c1-5-20(13-16-8-6-7-14(2)19-16)12-15-11-18(3,4)10-9-17(15)21/h6-8,15H,5,9-13H2,1-4H3. The molecular weight excluding hydrogens is 260 g/mol. The molecule has 0 aromatic carbocycles. The van der Waals surface area contributed by atoms with Crippen molar-refractivity contribution in [1.82, 2.24) is 9.88 Å². The van der Waals surface area contributed by atoms with Crippen LogP contribution in [0.5, 0.6) is 0 Å². The summed E-state index contributed by atoms with van der Waals surface area (Å²) in [5.74, 6) is 0.642. The zero-order chi connectivity index (χ0) is 15.5. The van der Waals surface area contributed by atoms with E-state index in [-0.39, 0.29) is 5.92 Å². The molecule has 1 aromatic rings. The third-order valence-corrected chi connectivity index (χ3v) is 4.56. The molecule has 116 valence electrons. The molecule has 1 heterocycles. The molecule has 3 nitrogen and oxygen atoms in total. The number of hydrogen-bond acceptors (Lipinski definition) is 3. The third-order valence-electron chi connectivity index (χ3n) is 4.56. The van der Waals surface area contributed by atoms with E-state index in [1.807, 2.05) is 13.0 Å². The van der Waals surface area contributed by atoms with Crippen LogP contribution in [0.3, 0.4) is 0 Å². The van der Waals surface area contributed by atoms with E-state index in [1.54, 1.807) is 0 Å². The van der Waals surface area contributed by atoms with E-state index in [9.17, 15) is 4.79 Å². The van der Waals surface area contributed by atoms with Crippen molar-refractivity contribution in [3.05, 3.63) is 29.6 Å². The van der Waals surface area contributed by atoms with Crippen molar-refractivity contribution in [2.75, 3.05) is 13.1 Å². The van der Waals surface area contributed by atoms with E-state index in [0.29, 0.717) is 11.2 Å². The first-order valence-electron chi connectivity index (χ1n) is 8.07. The smallest absolute Gasteiger partial charge is 0.137 e. The average molecular weight is 288 g/mol. The van der Waals surface area contributed by atoms with Crippen LogP contribution in [-0.4, -0.2) is 28.8 Å². The van der Waals surface area contributed by atoms with Crippen LogP contribution in [0, 0.1) is 18.3 Å². The molecule has 2 rings (SSSR count). The Morgan fingerprint density at radius 2 is 2.14 bits per heavy atom. The molecule has 1 fully saturated rings. The van der Waals surface area contributed by atoms with Crippen LogP contribution in [0.15, 0.2) is 18.2 Å². The van der Waals surface area contributed by atoms with Crippen molar-refractivity contribution in [2.24, 2.45) is 11.3 Å². The second-order valence-corrected chi connectivity index (χ2v) is 7.13. The van der Waals surface area contributed by atoms with Crippen molar-refractivity contribution in [1.29, 1.82) is 0 Å². The van der Waals surface area contributed by atoms with Gasteiger partial charge in [-0.3, -0.25) is 14.7 Å². The average Bonchev–Trinajstić information content (AvgIpc) is 2.42. The van der Waals surface area contributed by atoms with Crippen molar-refractivity contribution in [3.8, 4) is 0 Å². The summed E-state index contributed by atoms with van der Waals surface area (Å²) in [6.45, 7) is 11.4. The summed E-state index contributed by atoms with van der Waals surface area (Å²) in [5.41, 5.74) is 2.46. The van der Waals surface area contributed by atoms with Crippen LogP contribution in [-0.2, 0) is 11.3 Å². The van der Waals surface area contributed by atoms with Crippen LogP contribution >= 0.6 is 0 Å². The Labute approximate surface area is 128 Å². The van der Waals surface area contributed by atoms with Gasteiger partial charge >= 0.3 is 0 Å². The maximum absolute atomic E-state index is 12.2. The number of ketones is 1. The molecule has 3 heteroatoms. The Morgan fingerprint density at radius 1 is 1.38 bits per heavy atom. The van der Waals surface area contributed by atoms with Crippen LogP contribution in [0.1, 0.15) is 51.4 Å². The third kappa shape index (κ3) is 4.63. The fourth-order valence-corrected chi connectivity index (χ4v) is 3.25. The van der Waals surface area contributed by atoms with Gasteiger partial charge in [-0.05, 0) is 43.9 Å². The summed E-state index contributed by atoms with van der Waals surface area (Å²) in [5, 5.41) is 0. The minimum absolute atomic E-state index is 0.193. The summed E-state index contributed by atoms with van der Waals surface area (Å²) in [6.07, 6.45) is 2.80. The monoisotopic (exact) mass is 288 g/mol. The van der Waals surface area contributed by atoms with E-state index in [2.05, 4.69) is 42.8 Å². The summed E-state index contributed by atoms with van der Waals surface area (Å²) in [4.78, 5) is 19.1. The van der Waals surface area contributed by atoms with Gasteiger partial charge < -0.3 is 0 Å². The Kier molecular flexibility index (Phi) is 5.15. The van der Waals surface area contributed by atoms with Crippen molar-refractivity contribution in [3.63, 3.8) is 0 Å².